The molecule has 5 heteroatoms. The van der Waals surface area contributed by atoms with Crippen molar-refractivity contribution in [1.82, 2.24) is 4.98 Å². The van der Waals surface area contributed by atoms with Gasteiger partial charge >= 0.3 is 0 Å². The normalized spacial score (nSPS) is 9.38. The molecule has 0 aliphatic heterocycles. The number of hydrogen-bond donors (Lipinski definition) is 0. The first-order valence-electron chi connectivity index (χ1n) is 3.49. The number of carboxylic acid groups (broad SMARTS) is 1. The van der Waals surface area contributed by atoms with Crippen LogP contribution in [-0.2, 0) is 0 Å². The second kappa shape index (κ2) is 3.75. The molecule has 1 aromatic rings. The number of ether oxygens (including phenoxy) is 2. The zero-order valence-corrected chi connectivity index (χ0v) is 7.23. The molecule has 0 atom stereocenters. The van der Waals surface area contributed by atoms with Gasteiger partial charge in [0.05, 0.1) is 20.2 Å². The molecule has 0 saturated carbocycles. The molecule has 70 valence electrons. The van der Waals surface area contributed by atoms with Crippen LogP contribution in [0, 0.1) is 0 Å². The van der Waals surface area contributed by atoms with Gasteiger partial charge in [0.2, 0.25) is 0 Å². The molecule has 1 rings (SSSR count). The Morgan fingerprint density at radius 1 is 1.46 bits per heavy atom. The highest BCUT2D eigenvalue weighted by molar-refractivity contribution is 5.87. The molecule has 0 fully saturated rings. The summed E-state index contributed by atoms with van der Waals surface area (Å²) in [6, 6.07) is 1.51. The number of aromatic carboxylic acids is 1. The lowest BCUT2D eigenvalue weighted by Gasteiger charge is -2.11. The van der Waals surface area contributed by atoms with Crippen molar-refractivity contribution in [2.75, 3.05) is 14.2 Å². The van der Waals surface area contributed by atoms with E-state index in [-0.39, 0.29) is 11.4 Å². The van der Waals surface area contributed by atoms with E-state index in [9.17, 15) is 9.90 Å². The Morgan fingerprint density at radius 2 is 2.15 bits per heavy atom. The van der Waals surface area contributed by atoms with Crippen LogP contribution in [0.4, 0.5) is 0 Å². The van der Waals surface area contributed by atoms with Gasteiger partial charge in [0.1, 0.15) is 5.69 Å². The summed E-state index contributed by atoms with van der Waals surface area (Å²) in [5, 5.41) is 10.5. The van der Waals surface area contributed by atoms with Crippen LogP contribution in [-0.4, -0.2) is 25.2 Å². The van der Waals surface area contributed by atoms with Gasteiger partial charge in [0.25, 0.3) is 0 Å². The van der Waals surface area contributed by atoms with Crippen LogP contribution in [0.1, 0.15) is 10.5 Å². The van der Waals surface area contributed by atoms with Crippen molar-refractivity contribution in [3.8, 4) is 11.5 Å². The summed E-state index contributed by atoms with van der Waals surface area (Å²) in [5.74, 6) is -1.00. The minimum atomic E-state index is -1.39. The Hall–Kier alpha value is -1.78. The fourth-order valence-electron chi connectivity index (χ4n) is 0.934. The summed E-state index contributed by atoms with van der Waals surface area (Å²) >= 11 is 0. The largest absolute Gasteiger partial charge is 0.543 e. The van der Waals surface area contributed by atoms with E-state index in [0.29, 0.717) is 5.75 Å². The smallest absolute Gasteiger partial charge is 0.188 e. The van der Waals surface area contributed by atoms with Crippen molar-refractivity contribution >= 4 is 5.97 Å². The van der Waals surface area contributed by atoms with Crippen molar-refractivity contribution in [2.45, 2.75) is 0 Å². The van der Waals surface area contributed by atoms with Crippen molar-refractivity contribution in [1.29, 1.82) is 0 Å². The van der Waals surface area contributed by atoms with Crippen molar-refractivity contribution in [3.63, 3.8) is 0 Å². The van der Waals surface area contributed by atoms with E-state index in [1.54, 1.807) is 0 Å². The van der Waals surface area contributed by atoms with Crippen LogP contribution in [0.2, 0.25) is 0 Å². The number of hydrogen-bond acceptors (Lipinski definition) is 5. The number of carbonyl (C=O) groups excluding carboxylic acids is 1. The molecule has 1 heterocycles. The van der Waals surface area contributed by atoms with Crippen molar-refractivity contribution in [2.24, 2.45) is 0 Å². The van der Waals surface area contributed by atoms with E-state index in [4.69, 9.17) is 9.47 Å². The van der Waals surface area contributed by atoms with Crippen molar-refractivity contribution in [3.05, 3.63) is 18.0 Å². The van der Waals surface area contributed by atoms with Crippen LogP contribution >= 0.6 is 0 Å². The van der Waals surface area contributed by atoms with Gasteiger partial charge < -0.3 is 19.4 Å². The van der Waals surface area contributed by atoms with Crippen LogP contribution in [0.15, 0.2) is 12.3 Å². The van der Waals surface area contributed by atoms with Crippen LogP contribution in [0.5, 0.6) is 11.5 Å². The van der Waals surface area contributed by atoms with Gasteiger partial charge in [-0.2, -0.15) is 0 Å². The number of nitrogens with zero attached hydrogens (tertiary/aromatic N) is 1. The number of pyridine rings is 1. The molecule has 0 aromatic carbocycles. The fraction of sp³-hybridized carbons (Fsp3) is 0.250. The third kappa shape index (κ3) is 1.69. The molecule has 5 nitrogen and oxygen atoms in total. The van der Waals surface area contributed by atoms with E-state index in [0.717, 1.165) is 0 Å². The highest BCUT2D eigenvalue weighted by atomic mass is 16.5. The van der Waals surface area contributed by atoms with E-state index >= 15 is 0 Å². The Kier molecular flexibility index (Phi) is 2.69. The van der Waals surface area contributed by atoms with Gasteiger partial charge in [0, 0.05) is 12.3 Å². The first-order chi connectivity index (χ1) is 6.20. The summed E-state index contributed by atoms with van der Waals surface area (Å²) in [5.41, 5.74) is -0.262. The Labute approximate surface area is 74.9 Å². The van der Waals surface area contributed by atoms with Gasteiger partial charge in [-0.05, 0) is 0 Å². The van der Waals surface area contributed by atoms with Crippen molar-refractivity contribution < 1.29 is 19.4 Å². The van der Waals surface area contributed by atoms with E-state index in [2.05, 4.69) is 4.98 Å². The number of carboxylic acids is 1. The highest BCUT2D eigenvalue weighted by Gasteiger charge is 2.10. The minimum Gasteiger partial charge on any atom is -0.543 e. The van der Waals surface area contributed by atoms with Gasteiger partial charge in [-0.25, -0.2) is 0 Å². The lowest BCUT2D eigenvalue weighted by Crippen LogP contribution is -2.24. The molecule has 1 aromatic heterocycles. The molecule has 0 spiro atoms. The second-order valence-corrected chi connectivity index (χ2v) is 2.18. The Bertz CT molecular complexity index is 324. The molecule has 0 amide bonds. The van der Waals surface area contributed by atoms with E-state index in [1.165, 1.54) is 26.5 Å². The first-order valence-corrected chi connectivity index (χ1v) is 3.49. The zero-order chi connectivity index (χ0) is 9.84. The molecule has 13 heavy (non-hydrogen) atoms. The second-order valence-electron chi connectivity index (χ2n) is 2.18. The summed E-state index contributed by atoms with van der Waals surface area (Å²) in [7, 11) is 2.75. The summed E-state index contributed by atoms with van der Waals surface area (Å²) in [6.45, 7) is 0. The minimum absolute atomic E-state index is 0.0741. The van der Waals surface area contributed by atoms with Crippen LogP contribution < -0.4 is 14.6 Å². The lowest BCUT2D eigenvalue weighted by molar-refractivity contribution is -0.255. The number of carbonyl (C=O) groups is 1. The van der Waals surface area contributed by atoms with E-state index < -0.39 is 5.97 Å². The standard InChI is InChI=1S/C8H9NO4/c1-12-5-3-4-9-6(8(10)11)7(5)13-2/h3-4H,1-2H3,(H,10,11)/p-1. The maximum Gasteiger partial charge on any atom is 0.188 e. The average Bonchev–Trinajstić information content (AvgIpc) is 2.16. The van der Waals surface area contributed by atoms with Crippen LogP contribution in [0.3, 0.4) is 0 Å². The Morgan fingerprint density at radius 3 is 2.62 bits per heavy atom. The SMILES string of the molecule is COc1ccnc(C(=O)[O-])c1OC. The third-order valence-corrected chi connectivity index (χ3v) is 1.49. The monoisotopic (exact) mass is 182 g/mol. The van der Waals surface area contributed by atoms with Gasteiger partial charge in [0.15, 0.2) is 11.5 Å². The molecule has 0 N–H and O–H groups in total. The van der Waals surface area contributed by atoms with Gasteiger partial charge in [-0.1, -0.05) is 0 Å². The first kappa shape index (κ1) is 9.31. The summed E-state index contributed by atoms with van der Waals surface area (Å²) in [4.78, 5) is 14.1. The zero-order valence-electron chi connectivity index (χ0n) is 7.23. The Balaban J connectivity index is 3.27. The predicted octanol–water partition coefficient (Wildman–Crippen LogP) is -0.538. The number of aromatic nitrogens is 1. The summed E-state index contributed by atoms with van der Waals surface area (Å²) in [6.07, 6.45) is 1.31. The molecule has 0 aliphatic rings. The maximum absolute atomic E-state index is 10.5. The fourth-order valence-corrected chi connectivity index (χ4v) is 0.934. The topological polar surface area (TPSA) is 71.5 Å². The molecule has 0 saturated heterocycles. The molecule has 0 aliphatic carbocycles. The maximum atomic E-state index is 10.5. The molecule has 0 bridgehead atoms. The van der Waals surface area contributed by atoms with Gasteiger partial charge in [-0.3, -0.25) is 4.98 Å². The van der Waals surface area contributed by atoms with E-state index in [1.807, 2.05) is 0 Å². The lowest BCUT2D eigenvalue weighted by atomic mass is 10.3. The molecule has 0 radical (unpaired) electrons. The summed E-state index contributed by atoms with van der Waals surface area (Å²) < 4.78 is 9.69. The van der Waals surface area contributed by atoms with Crippen LogP contribution in [0.25, 0.3) is 0 Å². The molecule has 0 unspecified atom stereocenters. The van der Waals surface area contributed by atoms with Gasteiger partial charge in [-0.15, -0.1) is 0 Å². The average molecular weight is 182 g/mol. The molecular weight excluding hydrogens is 174 g/mol. The predicted molar refractivity (Wildman–Crippen MR) is 41.7 cm³/mol. The third-order valence-electron chi connectivity index (χ3n) is 1.49. The molecular formula is C8H8NO4-. The number of rotatable bonds is 3. The number of methoxy groups -OCH3 is 2. The quantitative estimate of drug-likeness (QED) is 0.627. The highest BCUT2D eigenvalue weighted by Crippen LogP contribution is 2.28.